The highest BCUT2D eigenvalue weighted by Crippen LogP contribution is 2.51. The van der Waals surface area contributed by atoms with Crippen molar-refractivity contribution in [3.8, 4) is 0 Å². The standard InChI is InChI=1S/C19H29Si/c1-10-11(2)15(6)18(14(10)5)20(9)19-16(7)12(3)13(4)17(19)8/h18-19H,1-9H3. The van der Waals surface area contributed by atoms with E-state index in [2.05, 4.69) is 61.9 Å². The lowest BCUT2D eigenvalue weighted by atomic mass is 10.1. The number of allylic oxidation sites excluding steroid dienone is 8. The van der Waals surface area contributed by atoms with E-state index in [9.17, 15) is 0 Å². The lowest BCUT2D eigenvalue weighted by molar-refractivity contribution is 1.01. The highest BCUT2D eigenvalue weighted by atomic mass is 28.3. The van der Waals surface area contributed by atoms with Crippen LogP contribution in [0.5, 0.6) is 0 Å². The minimum atomic E-state index is -0.501. The third-order valence-electron chi connectivity index (χ3n) is 6.13. The molecule has 0 aliphatic heterocycles. The Kier molecular flexibility index (Phi) is 4.03. The summed E-state index contributed by atoms with van der Waals surface area (Å²) in [5.74, 6) is 0. The third-order valence-corrected chi connectivity index (χ3v) is 9.69. The second-order valence-electron chi connectivity index (χ2n) is 6.84. The first-order chi connectivity index (χ1) is 9.20. The molecule has 0 N–H and O–H groups in total. The van der Waals surface area contributed by atoms with Crippen molar-refractivity contribution in [2.75, 3.05) is 0 Å². The molecule has 0 aromatic rings. The molecule has 0 saturated heterocycles. The van der Waals surface area contributed by atoms with Gasteiger partial charge in [0, 0.05) is 0 Å². The molecular formula is C19H29Si. The van der Waals surface area contributed by atoms with Crippen LogP contribution in [0.1, 0.15) is 55.4 Å². The van der Waals surface area contributed by atoms with Crippen LogP contribution in [0.3, 0.4) is 0 Å². The first-order valence-corrected chi connectivity index (χ1v) is 9.89. The first kappa shape index (κ1) is 15.6. The van der Waals surface area contributed by atoms with E-state index in [1.807, 2.05) is 0 Å². The Morgan fingerprint density at radius 1 is 0.500 bits per heavy atom. The van der Waals surface area contributed by atoms with Gasteiger partial charge in [0.2, 0.25) is 0 Å². The predicted octanol–water partition coefficient (Wildman–Crippen LogP) is 6.22. The Morgan fingerprint density at radius 2 is 0.700 bits per heavy atom. The fourth-order valence-electron chi connectivity index (χ4n) is 4.23. The zero-order valence-corrected chi connectivity index (χ0v) is 15.7. The van der Waals surface area contributed by atoms with Gasteiger partial charge in [-0.25, -0.2) is 0 Å². The monoisotopic (exact) mass is 285 g/mol. The van der Waals surface area contributed by atoms with Gasteiger partial charge in [-0.1, -0.05) is 28.8 Å². The van der Waals surface area contributed by atoms with E-state index >= 15 is 0 Å². The van der Waals surface area contributed by atoms with E-state index in [1.54, 1.807) is 44.6 Å². The first-order valence-electron chi connectivity index (χ1n) is 7.73. The van der Waals surface area contributed by atoms with Crippen LogP contribution in [0.2, 0.25) is 17.6 Å². The topological polar surface area (TPSA) is 0 Å². The summed E-state index contributed by atoms with van der Waals surface area (Å²) >= 11 is 0. The van der Waals surface area contributed by atoms with Crippen LogP contribution in [0, 0.1) is 0 Å². The van der Waals surface area contributed by atoms with E-state index in [1.165, 1.54) is 0 Å². The van der Waals surface area contributed by atoms with E-state index < -0.39 is 8.80 Å². The quantitative estimate of drug-likeness (QED) is 0.528. The summed E-state index contributed by atoms with van der Waals surface area (Å²) in [5.41, 5.74) is 14.2. The molecule has 0 amide bonds. The largest absolute Gasteiger partial charge is 0.0709 e. The van der Waals surface area contributed by atoms with Gasteiger partial charge < -0.3 is 0 Å². The Balaban J connectivity index is 2.43. The summed E-state index contributed by atoms with van der Waals surface area (Å²) in [6.45, 7) is 21.2. The average molecular weight is 286 g/mol. The molecule has 0 spiro atoms. The van der Waals surface area contributed by atoms with Crippen LogP contribution in [0.15, 0.2) is 44.6 Å². The van der Waals surface area contributed by atoms with Crippen LogP contribution in [-0.4, -0.2) is 8.80 Å². The Morgan fingerprint density at radius 3 is 0.900 bits per heavy atom. The molecular weight excluding hydrogens is 256 g/mol. The maximum Gasteiger partial charge on any atom is 0.0709 e. The molecule has 2 aliphatic carbocycles. The Hall–Kier alpha value is -0.823. The third kappa shape index (κ3) is 2.02. The van der Waals surface area contributed by atoms with Crippen LogP contribution in [0.4, 0.5) is 0 Å². The molecule has 0 aromatic heterocycles. The molecule has 0 saturated carbocycles. The fourth-order valence-corrected chi connectivity index (χ4v) is 8.16. The van der Waals surface area contributed by atoms with Crippen molar-refractivity contribution in [2.45, 2.75) is 73.0 Å². The summed E-state index contributed by atoms with van der Waals surface area (Å²) in [6.07, 6.45) is 0. The number of hydrogen-bond acceptors (Lipinski definition) is 0. The van der Waals surface area contributed by atoms with Crippen molar-refractivity contribution in [1.29, 1.82) is 0 Å². The van der Waals surface area contributed by atoms with Crippen molar-refractivity contribution in [1.82, 2.24) is 0 Å². The normalized spacial score (nSPS) is 22.5. The van der Waals surface area contributed by atoms with E-state index in [4.69, 9.17) is 0 Å². The lowest BCUT2D eigenvalue weighted by Crippen LogP contribution is -2.25. The molecule has 0 atom stereocenters. The molecule has 2 rings (SSSR count). The van der Waals surface area contributed by atoms with Gasteiger partial charge in [-0.2, -0.15) is 0 Å². The molecule has 2 aliphatic rings. The molecule has 1 radical (unpaired) electrons. The van der Waals surface area contributed by atoms with Crippen molar-refractivity contribution in [3.63, 3.8) is 0 Å². The second kappa shape index (κ2) is 5.18. The highest BCUT2D eigenvalue weighted by molar-refractivity contribution is 6.64. The maximum atomic E-state index is 2.55. The van der Waals surface area contributed by atoms with Crippen molar-refractivity contribution >= 4 is 8.80 Å². The SMILES string of the molecule is CC1=C(C)C([Si](C)C2C(C)=C(C)C(C)=C2C)C(C)=C1C. The number of rotatable bonds is 2. The van der Waals surface area contributed by atoms with Crippen LogP contribution >= 0.6 is 0 Å². The van der Waals surface area contributed by atoms with Crippen molar-refractivity contribution < 1.29 is 0 Å². The summed E-state index contributed by atoms with van der Waals surface area (Å²) in [6, 6.07) is 0. The summed E-state index contributed by atoms with van der Waals surface area (Å²) in [7, 11) is -0.501. The molecule has 0 nitrogen and oxygen atoms in total. The lowest BCUT2D eigenvalue weighted by Gasteiger charge is -2.29. The molecule has 0 aromatic carbocycles. The van der Waals surface area contributed by atoms with Gasteiger partial charge in [0.1, 0.15) is 0 Å². The molecule has 0 bridgehead atoms. The predicted molar refractivity (Wildman–Crippen MR) is 92.6 cm³/mol. The average Bonchev–Trinajstić information content (AvgIpc) is 2.71. The van der Waals surface area contributed by atoms with E-state index in [-0.39, 0.29) is 0 Å². The van der Waals surface area contributed by atoms with Gasteiger partial charge in [0.05, 0.1) is 8.80 Å². The zero-order valence-electron chi connectivity index (χ0n) is 14.7. The van der Waals surface area contributed by atoms with Crippen LogP contribution in [-0.2, 0) is 0 Å². The second-order valence-corrected chi connectivity index (χ2v) is 9.48. The molecule has 20 heavy (non-hydrogen) atoms. The van der Waals surface area contributed by atoms with E-state index in [0.717, 1.165) is 11.1 Å². The van der Waals surface area contributed by atoms with Crippen molar-refractivity contribution in [3.05, 3.63) is 44.6 Å². The molecule has 0 fully saturated rings. The van der Waals surface area contributed by atoms with Gasteiger partial charge in [-0.05, 0) is 88.8 Å². The minimum absolute atomic E-state index is 0.501. The maximum absolute atomic E-state index is 2.55. The van der Waals surface area contributed by atoms with Crippen molar-refractivity contribution in [2.24, 2.45) is 0 Å². The van der Waals surface area contributed by atoms with Gasteiger partial charge in [0.25, 0.3) is 0 Å². The smallest absolute Gasteiger partial charge is 0.0695 e. The van der Waals surface area contributed by atoms with Gasteiger partial charge in [-0.15, -0.1) is 0 Å². The molecule has 109 valence electrons. The van der Waals surface area contributed by atoms with E-state index in [0.29, 0.717) is 0 Å². The molecule has 1 heteroatoms. The minimum Gasteiger partial charge on any atom is -0.0695 e. The Labute approximate surface area is 127 Å². The summed E-state index contributed by atoms with van der Waals surface area (Å²) < 4.78 is 0. The summed E-state index contributed by atoms with van der Waals surface area (Å²) in [5, 5.41) is 0. The van der Waals surface area contributed by atoms with Crippen LogP contribution in [0.25, 0.3) is 0 Å². The molecule has 0 unspecified atom stereocenters. The van der Waals surface area contributed by atoms with Gasteiger partial charge in [-0.3, -0.25) is 0 Å². The summed E-state index contributed by atoms with van der Waals surface area (Å²) in [4.78, 5) is 0. The zero-order chi connectivity index (χ0) is 15.4. The number of hydrogen-bond donors (Lipinski definition) is 0. The van der Waals surface area contributed by atoms with Crippen LogP contribution < -0.4 is 0 Å². The highest BCUT2D eigenvalue weighted by Gasteiger charge is 2.38. The van der Waals surface area contributed by atoms with Gasteiger partial charge >= 0.3 is 0 Å². The fraction of sp³-hybridized carbons (Fsp3) is 0.579. The van der Waals surface area contributed by atoms with Gasteiger partial charge in [0.15, 0.2) is 0 Å². The molecule has 0 heterocycles. The Bertz CT molecular complexity index is 481.